The third-order valence-electron chi connectivity index (χ3n) is 4.67. The first-order chi connectivity index (χ1) is 13.1. The summed E-state index contributed by atoms with van der Waals surface area (Å²) >= 11 is 0. The van der Waals surface area contributed by atoms with Crippen LogP contribution in [0.5, 0.6) is 0 Å². The number of benzene rings is 3. The molecule has 0 radical (unpaired) electrons. The van der Waals surface area contributed by atoms with Crippen molar-refractivity contribution in [3.05, 3.63) is 89.5 Å². The Kier molecular flexibility index (Phi) is 4.44. The van der Waals surface area contributed by atoms with Crippen molar-refractivity contribution >= 4 is 16.9 Å². The Balaban J connectivity index is 1.75. The molecular formula is C22H19N3O2. The lowest BCUT2D eigenvalue weighted by Gasteiger charge is -2.15. The molecule has 1 atom stereocenters. The van der Waals surface area contributed by atoms with Crippen molar-refractivity contribution < 1.29 is 9.32 Å². The minimum atomic E-state index is -0.500. The number of hydrogen-bond acceptors (Lipinski definition) is 4. The number of rotatable bonds is 5. The normalized spacial score (nSPS) is 12.2. The van der Waals surface area contributed by atoms with Crippen LogP contribution in [0, 0.1) is 0 Å². The van der Waals surface area contributed by atoms with Gasteiger partial charge in [-0.05, 0) is 35.7 Å². The fraction of sp³-hybridized carbons (Fsp3) is 0.0909. The lowest BCUT2D eigenvalue weighted by molar-refractivity contribution is 0.100. The molecule has 4 aromatic rings. The highest BCUT2D eigenvalue weighted by molar-refractivity contribution is 5.99. The first kappa shape index (κ1) is 17.0. The number of aromatic nitrogens is 1. The summed E-state index contributed by atoms with van der Waals surface area (Å²) in [6.45, 7) is 0. The van der Waals surface area contributed by atoms with Gasteiger partial charge in [0, 0.05) is 22.6 Å². The fourth-order valence-corrected chi connectivity index (χ4v) is 3.30. The number of carbonyl (C=O) groups excluding carboxylic acids is 1. The summed E-state index contributed by atoms with van der Waals surface area (Å²) in [5, 5.41) is 5.05. The summed E-state index contributed by atoms with van der Waals surface area (Å²) in [5.74, 6) is -0.500. The van der Waals surface area contributed by atoms with Gasteiger partial charge in [0.15, 0.2) is 5.58 Å². The second-order valence-electron chi connectivity index (χ2n) is 6.49. The van der Waals surface area contributed by atoms with Crippen molar-refractivity contribution in [2.24, 2.45) is 11.5 Å². The Morgan fingerprint density at radius 3 is 2.52 bits per heavy atom. The van der Waals surface area contributed by atoms with E-state index in [9.17, 15) is 4.79 Å². The lowest BCUT2D eigenvalue weighted by atomic mass is 9.93. The molecule has 0 saturated carbocycles. The molecular weight excluding hydrogens is 338 g/mol. The summed E-state index contributed by atoms with van der Waals surface area (Å²) < 4.78 is 5.45. The van der Waals surface area contributed by atoms with Crippen molar-refractivity contribution in [3.8, 4) is 11.3 Å². The Bertz CT molecular complexity index is 1100. The second kappa shape index (κ2) is 7.05. The molecule has 3 aromatic carbocycles. The van der Waals surface area contributed by atoms with Crippen molar-refractivity contribution in [2.75, 3.05) is 0 Å². The predicted molar refractivity (Wildman–Crippen MR) is 105 cm³/mol. The van der Waals surface area contributed by atoms with Gasteiger partial charge in [-0.15, -0.1) is 0 Å². The predicted octanol–water partition coefficient (Wildman–Crippen LogP) is 3.84. The third kappa shape index (κ3) is 3.32. The summed E-state index contributed by atoms with van der Waals surface area (Å²) in [7, 11) is 0. The van der Waals surface area contributed by atoms with E-state index in [-0.39, 0.29) is 6.04 Å². The third-order valence-corrected chi connectivity index (χ3v) is 4.67. The number of hydrogen-bond donors (Lipinski definition) is 2. The van der Waals surface area contributed by atoms with Gasteiger partial charge >= 0.3 is 0 Å². The van der Waals surface area contributed by atoms with Gasteiger partial charge in [-0.1, -0.05) is 59.8 Å². The Morgan fingerprint density at radius 1 is 1.00 bits per heavy atom. The molecule has 4 rings (SSSR count). The summed E-state index contributed by atoms with van der Waals surface area (Å²) in [4.78, 5) is 11.4. The van der Waals surface area contributed by atoms with E-state index < -0.39 is 5.91 Å². The smallest absolute Gasteiger partial charge is 0.248 e. The monoisotopic (exact) mass is 357 g/mol. The van der Waals surface area contributed by atoms with Crippen molar-refractivity contribution in [2.45, 2.75) is 12.5 Å². The summed E-state index contributed by atoms with van der Waals surface area (Å²) in [6, 6.07) is 23.0. The molecule has 5 heteroatoms. The maximum atomic E-state index is 11.4. The molecule has 27 heavy (non-hydrogen) atoms. The van der Waals surface area contributed by atoms with E-state index in [0.717, 1.165) is 22.9 Å². The second-order valence-corrected chi connectivity index (χ2v) is 6.49. The van der Waals surface area contributed by atoms with Gasteiger partial charge in [0.05, 0.1) is 0 Å². The van der Waals surface area contributed by atoms with Crippen molar-refractivity contribution in [1.29, 1.82) is 0 Å². The zero-order valence-corrected chi connectivity index (χ0v) is 14.6. The number of carbonyl (C=O) groups is 1. The molecule has 0 bridgehead atoms. The number of amides is 1. The molecule has 0 aliphatic heterocycles. The summed E-state index contributed by atoms with van der Waals surface area (Å²) in [6.07, 6.45) is 0.722. The standard InChI is InChI=1S/C22H19N3O2/c23-19(12-14-6-2-1-3-7-14)16-8-4-5-9-17(16)21-18-11-10-15(22(24)26)13-20(18)27-25-21/h1-11,13,19H,12,23H2,(H2,24,26). The largest absolute Gasteiger partial charge is 0.366 e. The van der Waals surface area contributed by atoms with Crippen molar-refractivity contribution in [3.63, 3.8) is 0 Å². The van der Waals surface area contributed by atoms with E-state index in [2.05, 4.69) is 17.3 Å². The Morgan fingerprint density at radius 2 is 1.74 bits per heavy atom. The van der Waals surface area contributed by atoms with Crippen LogP contribution < -0.4 is 11.5 Å². The topological polar surface area (TPSA) is 95.1 Å². The van der Waals surface area contributed by atoms with Crippen LogP contribution in [0.3, 0.4) is 0 Å². The number of nitrogens with zero attached hydrogens (tertiary/aromatic N) is 1. The first-order valence-corrected chi connectivity index (χ1v) is 8.71. The van der Waals surface area contributed by atoms with E-state index in [1.54, 1.807) is 18.2 Å². The molecule has 0 saturated heterocycles. The lowest BCUT2D eigenvalue weighted by Crippen LogP contribution is -2.14. The molecule has 1 heterocycles. The molecule has 0 spiro atoms. The average molecular weight is 357 g/mol. The minimum Gasteiger partial charge on any atom is -0.366 e. The van der Waals surface area contributed by atoms with Gasteiger partial charge in [0.1, 0.15) is 5.69 Å². The van der Waals surface area contributed by atoms with Gasteiger partial charge in [-0.3, -0.25) is 4.79 Å². The van der Waals surface area contributed by atoms with Gasteiger partial charge in [-0.25, -0.2) is 0 Å². The number of fused-ring (bicyclic) bond motifs is 1. The van der Waals surface area contributed by atoms with Crippen LogP contribution in [0.1, 0.15) is 27.5 Å². The van der Waals surface area contributed by atoms with E-state index in [0.29, 0.717) is 16.8 Å². The van der Waals surface area contributed by atoms with Crippen LogP contribution in [0.25, 0.3) is 22.2 Å². The molecule has 0 aliphatic rings. The molecule has 1 aromatic heterocycles. The van der Waals surface area contributed by atoms with Crippen LogP contribution in [-0.2, 0) is 6.42 Å². The zero-order valence-electron chi connectivity index (χ0n) is 14.6. The molecule has 5 nitrogen and oxygen atoms in total. The SMILES string of the molecule is NC(=O)c1ccc2c(-c3ccccc3C(N)Cc3ccccc3)noc2c1. The highest BCUT2D eigenvalue weighted by atomic mass is 16.5. The molecule has 134 valence electrons. The van der Waals surface area contributed by atoms with E-state index >= 15 is 0 Å². The zero-order chi connectivity index (χ0) is 18.8. The number of nitrogens with two attached hydrogens (primary N) is 2. The van der Waals surface area contributed by atoms with E-state index in [1.807, 2.05) is 42.5 Å². The highest BCUT2D eigenvalue weighted by Crippen LogP contribution is 2.33. The van der Waals surface area contributed by atoms with Crippen LogP contribution in [0.4, 0.5) is 0 Å². The van der Waals surface area contributed by atoms with Crippen LogP contribution in [0.15, 0.2) is 77.3 Å². The molecule has 0 aliphatic carbocycles. The Labute approximate surface area is 156 Å². The average Bonchev–Trinajstić information content (AvgIpc) is 3.11. The maximum absolute atomic E-state index is 11.4. The molecule has 1 unspecified atom stereocenters. The van der Waals surface area contributed by atoms with Gasteiger partial charge in [-0.2, -0.15) is 0 Å². The van der Waals surface area contributed by atoms with E-state index in [4.69, 9.17) is 16.0 Å². The minimum absolute atomic E-state index is 0.180. The quantitative estimate of drug-likeness (QED) is 0.567. The number of primary amides is 1. The van der Waals surface area contributed by atoms with Gasteiger partial charge in [0.2, 0.25) is 5.91 Å². The highest BCUT2D eigenvalue weighted by Gasteiger charge is 2.18. The Hall–Kier alpha value is -3.44. The van der Waals surface area contributed by atoms with E-state index in [1.165, 1.54) is 5.56 Å². The molecule has 0 fully saturated rings. The van der Waals surface area contributed by atoms with Crippen LogP contribution in [-0.4, -0.2) is 11.1 Å². The van der Waals surface area contributed by atoms with Gasteiger partial charge < -0.3 is 16.0 Å². The van der Waals surface area contributed by atoms with Crippen molar-refractivity contribution in [1.82, 2.24) is 5.16 Å². The summed E-state index contributed by atoms with van der Waals surface area (Å²) in [5.41, 5.74) is 16.6. The van der Waals surface area contributed by atoms with Crippen LogP contribution >= 0.6 is 0 Å². The first-order valence-electron chi connectivity index (χ1n) is 8.71. The van der Waals surface area contributed by atoms with Gasteiger partial charge in [0.25, 0.3) is 0 Å². The van der Waals surface area contributed by atoms with Crippen LogP contribution in [0.2, 0.25) is 0 Å². The fourth-order valence-electron chi connectivity index (χ4n) is 3.30. The molecule has 4 N–H and O–H groups in total. The maximum Gasteiger partial charge on any atom is 0.248 e. The molecule has 1 amide bonds.